The molecule has 0 aromatic heterocycles. The van der Waals surface area contributed by atoms with Gasteiger partial charge in [0.25, 0.3) is 0 Å². The molecule has 0 amide bonds. The minimum Gasteiger partial charge on any atom is -0.335 e. The predicted molar refractivity (Wildman–Crippen MR) is 118 cm³/mol. The molecule has 3 aromatic rings. The van der Waals surface area contributed by atoms with Gasteiger partial charge in [0.2, 0.25) is 0 Å². The molecule has 4 rings (SSSR count). The SMILES string of the molecule is CCc1c(C)cc(CN2c3ccccc3S(=O)c3ccc(C)c(C)c32)cc1C. The van der Waals surface area contributed by atoms with Crippen molar-refractivity contribution < 1.29 is 4.21 Å². The summed E-state index contributed by atoms with van der Waals surface area (Å²) in [6, 6.07) is 16.8. The Labute approximate surface area is 170 Å². The third-order valence-electron chi connectivity index (χ3n) is 5.94. The highest BCUT2D eigenvalue weighted by Crippen LogP contribution is 2.45. The number of nitrogens with zero attached hydrogens (tertiary/aromatic N) is 1. The van der Waals surface area contributed by atoms with E-state index in [1.54, 1.807) is 0 Å². The molecule has 144 valence electrons. The standard InChI is InChI=1S/C25H27NOS/c1-6-21-17(3)13-20(14-18(21)4)15-26-22-9-7-8-10-23(22)28(27)24-12-11-16(2)19(5)25(24)26/h7-14H,6,15H2,1-5H3. The van der Waals surface area contributed by atoms with Gasteiger partial charge in [0.15, 0.2) is 0 Å². The monoisotopic (exact) mass is 389 g/mol. The van der Waals surface area contributed by atoms with Crippen molar-refractivity contribution in [2.75, 3.05) is 4.90 Å². The summed E-state index contributed by atoms with van der Waals surface area (Å²) in [4.78, 5) is 4.17. The maximum absolute atomic E-state index is 13.2. The summed E-state index contributed by atoms with van der Waals surface area (Å²) in [6.45, 7) is 11.7. The average Bonchev–Trinajstić information content (AvgIpc) is 2.67. The second kappa shape index (κ2) is 7.21. The highest BCUT2D eigenvalue weighted by atomic mass is 32.2. The van der Waals surface area contributed by atoms with Gasteiger partial charge in [-0.1, -0.05) is 37.3 Å². The van der Waals surface area contributed by atoms with Crippen LogP contribution in [0.1, 0.15) is 40.3 Å². The normalized spacial score (nSPS) is 15.3. The zero-order valence-corrected chi connectivity index (χ0v) is 18.1. The Morgan fingerprint density at radius 3 is 2.21 bits per heavy atom. The van der Waals surface area contributed by atoms with E-state index in [4.69, 9.17) is 0 Å². The maximum atomic E-state index is 13.2. The fourth-order valence-electron chi connectivity index (χ4n) is 4.42. The lowest BCUT2D eigenvalue weighted by atomic mass is 9.97. The van der Waals surface area contributed by atoms with E-state index in [-0.39, 0.29) is 0 Å². The zero-order valence-electron chi connectivity index (χ0n) is 17.3. The number of rotatable bonds is 3. The Hall–Kier alpha value is -2.39. The minimum absolute atomic E-state index is 0.775. The first kappa shape index (κ1) is 18.9. The van der Waals surface area contributed by atoms with Crippen molar-refractivity contribution in [3.63, 3.8) is 0 Å². The summed E-state index contributed by atoms with van der Waals surface area (Å²) in [7, 11) is -1.14. The van der Waals surface area contributed by atoms with Gasteiger partial charge < -0.3 is 4.90 Å². The van der Waals surface area contributed by atoms with Crippen LogP contribution in [0.4, 0.5) is 11.4 Å². The second-order valence-corrected chi connectivity index (χ2v) is 9.16. The highest BCUT2D eigenvalue weighted by Gasteiger charge is 2.29. The van der Waals surface area contributed by atoms with Crippen molar-refractivity contribution in [3.05, 3.63) is 81.9 Å². The first-order valence-corrected chi connectivity index (χ1v) is 11.0. The van der Waals surface area contributed by atoms with Crippen LogP contribution in [0.25, 0.3) is 0 Å². The van der Waals surface area contributed by atoms with E-state index in [0.717, 1.165) is 34.1 Å². The molecular weight excluding hydrogens is 362 g/mol. The minimum atomic E-state index is -1.14. The highest BCUT2D eigenvalue weighted by molar-refractivity contribution is 7.85. The van der Waals surface area contributed by atoms with Crippen molar-refractivity contribution in [1.29, 1.82) is 0 Å². The summed E-state index contributed by atoms with van der Waals surface area (Å²) in [5, 5.41) is 0. The number of hydrogen-bond donors (Lipinski definition) is 0. The first-order valence-electron chi connectivity index (χ1n) is 9.90. The number of para-hydroxylation sites is 1. The molecule has 0 fully saturated rings. The van der Waals surface area contributed by atoms with Crippen molar-refractivity contribution >= 4 is 22.2 Å². The molecule has 1 unspecified atom stereocenters. The van der Waals surface area contributed by atoms with Crippen molar-refractivity contribution in [2.24, 2.45) is 0 Å². The lowest BCUT2D eigenvalue weighted by Crippen LogP contribution is -2.25. The molecular formula is C25H27NOS. The Balaban J connectivity index is 1.89. The van der Waals surface area contributed by atoms with E-state index in [2.05, 4.69) is 63.8 Å². The van der Waals surface area contributed by atoms with Crippen LogP contribution in [0.2, 0.25) is 0 Å². The van der Waals surface area contributed by atoms with Crippen LogP contribution in [0.15, 0.2) is 58.3 Å². The fraction of sp³-hybridized carbons (Fsp3) is 0.280. The maximum Gasteiger partial charge on any atom is 0.0892 e. The van der Waals surface area contributed by atoms with Crippen LogP contribution in [-0.4, -0.2) is 4.21 Å². The smallest absolute Gasteiger partial charge is 0.0892 e. The number of benzene rings is 3. The zero-order chi connectivity index (χ0) is 20.0. The molecule has 1 heterocycles. The lowest BCUT2D eigenvalue weighted by molar-refractivity contribution is 0.680. The molecule has 3 heteroatoms. The predicted octanol–water partition coefficient (Wildman–Crippen LogP) is 6.30. The molecule has 28 heavy (non-hydrogen) atoms. The van der Waals surface area contributed by atoms with Crippen LogP contribution >= 0.6 is 0 Å². The molecule has 2 nitrogen and oxygen atoms in total. The average molecular weight is 390 g/mol. The quantitative estimate of drug-likeness (QED) is 0.524. The van der Waals surface area contributed by atoms with Gasteiger partial charge in [-0.15, -0.1) is 0 Å². The van der Waals surface area contributed by atoms with E-state index < -0.39 is 10.8 Å². The van der Waals surface area contributed by atoms with E-state index in [0.29, 0.717) is 0 Å². The summed E-state index contributed by atoms with van der Waals surface area (Å²) in [6.07, 6.45) is 1.06. The summed E-state index contributed by atoms with van der Waals surface area (Å²) >= 11 is 0. The van der Waals surface area contributed by atoms with E-state index in [9.17, 15) is 4.21 Å². The molecule has 0 spiro atoms. The Morgan fingerprint density at radius 2 is 1.54 bits per heavy atom. The Kier molecular flexibility index (Phi) is 4.88. The summed E-state index contributed by atoms with van der Waals surface area (Å²) in [5.74, 6) is 0. The molecule has 1 aliphatic rings. The topological polar surface area (TPSA) is 20.3 Å². The molecule has 0 aliphatic carbocycles. The van der Waals surface area contributed by atoms with Gasteiger partial charge in [-0.3, -0.25) is 0 Å². The fourth-order valence-corrected chi connectivity index (χ4v) is 5.85. The number of aryl methyl sites for hydroxylation is 3. The molecule has 0 saturated carbocycles. The van der Waals surface area contributed by atoms with E-state index in [1.165, 1.54) is 33.4 Å². The molecule has 3 aromatic carbocycles. The Morgan fingerprint density at radius 1 is 0.857 bits per heavy atom. The molecule has 1 atom stereocenters. The first-order chi connectivity index (χ1) is 13.4. The van der Waals surface area contributed by atoms with Crippen molar-refractivity contribution in [1.82, 2.24) is 0 Å². The molecule has 0 bridgehead atoms. The third-order valence-corrected chi connectivity index (χ3v) is 7.41. The van der Waals surface area contributed by atoms with E-state index >= 15 is 0 Å². The van der Waals surface area contributed by atoms with E-state index in [1.807, 2.05) is 24.3 Å². The number of hydrogen-bond acceptors (Lipinski definition) is 2. The summed E-state index contributed by atoms with van der Waals surface area (Å²) in [5.41, 5.74) is 10.0. The van der Waals surface area contributed by atoms with Crippen LogP contribution < -0.4 is 4.90 Å². The molecule has 0 N–H and O–H groups in total. The van der Waals surface area contributed by atoms with Gasteiger partial charge in [-0.25, -0.2) is 4.21 Å². The lowest BCUT2D eigenvalue weighted by Gasteiger charge is -2.34. The van der Waals surface area contributed by atoms with Crippen LogP contribution in [-0.2, 0) is 23.8 Å². The second-order valence-electron chi connectivity index (χ2n) is 7.74. The Bertz CT molecular complexity index is 1080. The number of fused-ring (bicyclic) bond motifs is 2. The summed E-state index contributed by atoms with van der Waals surface area (Å²) < 4.78 is 13.2. The van der Waals surface area contributed by atoms with Crippen LogP contribution in [0.5, 0.6) is 0 Å². The van der Waals surface area contributed by atoms with Crippen LogP contribution in [0, 0.1) is 27.7 Å². The van der Waals surface area contributed by atoms with Gasteiger partial charge in [0.1, 0.15) is 0 Å². The van der Waals surface area contributed by atoms with Crippen molar-refractivity contribution in [3.8, 4) is 0 Å². The largest absolute Gasteiger partial charge is 0.335 e. The van der Waals surface area contributed by atoms with Gasteiger partial charge in [-0.2, -0.15) is 0 Å². The number of anilines is 2. The van der Waals surface area contributed by atoms with Gasteiger partial charge >= 0.3 is 0 Å². The van der Waals surface area contributed by atoms with Crippen LogP contribution in [0.3, 0.4) is 0 Å². The molecule has 0 radical (unpaired) electrons. The van der Waals surface area contributed by atoms with Gasteiger partial charge in [-0.05, 0) is 85.7 Å². The third kappa shape index (κ3) is 2.98. The molecule has 0 saturated heterocycles. The van der Waals surface area contributed by atoms with Gasteiger partial charge in [0.05, 0.1) is 32.0 Å². The molecule has 1 aliphatic heterocycles. The van der Waals surface area contributed by atoms with Crippen molar-refractivity contribution in [2.45, 2.75) is 57.4 Å². The van der Waals surface area contributed by atoms with Gasteiger partial charge in [0, 0.05) is 6.54 Å².